The van der Waals surface area contributed by atoms with Crippen LogP contribution in [0.4, 0.5) is 5.69 Å². The van der Waals surface area contributed by atoms with Gasteiger partial charge in [-0.15, -0.1) is 0 Å². The number of hydrogen-bond donors (Lipinski definition) is 1. The van der Waals surface area contributed by atoms with Gasteiger partial charge in [0.25, 0.3) is 11.5 Å². The Morgan fingerprint density at radius 3 is 2.55 bits per heavy atom. The van der Waals surface area contributed by atoms with Crippen molar-refractivity contribution in [1.82, 2.24) is 9.38 Å². The predicted octanol–water partition coefficient (Wildman–Crippen LogP) is 3.61. The van der Waals surface area contributed by atoms with Crippen molar-refractivity contribution in [2.24, 2.45) is 0 Å². The van der Waals surface area contributed by atoms with Crippen LogP contribution in [0, 0.1) is 6.92 Å². The summed E-state index contributed by atoms with van der Waals surface area (Å²) in [5.41, 5.74) is 2.46. The number of benzene rings is 2. The minimum atomic E-state index is -0.303. The maximum absolute atomic E-state index is 12.3. The maximum atomic E-state index is 12.3. The maximum Gasteiger partial charge on any atom is 0.262 e. The lowest BCUT2D eigenvalue weighted by Crippen LogP contribution is -2.20. The molecule has 0 radical (unpaired) electrons. The van der Waals surface area contributed by atoms with E-state index in [2.05, 4.69) is 10.3 Å². The number of hydrogen-bond acceptors (Lipinski definition) is 6. The summed E-state index contributed by atoms with van der Waals surface area (Å²) in [5, 5.41) is 2.77. The molecule has 2 heterocycles. The number of methoxy groups -OCH3 is 1. The number of pyridine rings is 1. The molecule has 4 aromatic rings. The van der Waals surface area contributed by atoms with E-state index in [0.717, 1.165) is 5.56 Å². The lowest BCUT2D eigenvalue weighted by Gasteiger charge is -2.10. The van der Waals surface area contributed by atoms with E-state index in [-0.39, 0.29) is 24.7 Å². The Morgan fingerprint density at radius 2 is 1.76 bits per heavy atom. The fourth-order valence-corrected chi connectivity index (χ4v) is 3.17. The molecule has 168 valence electrons. The highest BCUT2D eigenvalue weighted by molar-refractivity contribution is 5.92. The normalized spacial score (nSPS) is 10.6. The number of ether oxygens (including phenoxy) is 3. The molecule has 2 aromatic heterocycles. The first-order valence-corrected chi connectivity index (χ1v) is 10.3. The molecular weight excluding hydrogens is 422 g/mol. The van der Waals surface area contributed by atoms with Crippen molar-refractivity contribution in [1.29, 1.82) is 0 Å². The van der Waals surface area contributed by atoms with Gasteiger partial charge in [-0.25, -0.2) is 4.98 Å². The fraction of sp³-hybridized carbons (Fsp3) is 0.160. The topological polar surface area (TPSA) is 91.2 Å². The van der Waals surface area contributed by atoms with E-state index in [1.54, 1.807) is 67.9 Å². The van der Waals surface area contributed by atoms with Gasteiger partial charge in [-0.2, -0.15) is 0 Å². The Labute approximate surface area is 190 Å². The standard InChI is InChI=1S/C25H23N3O5/c1-17-6-11-23-26-19(13-25(30)28(23)14-17)15-32-22-5-3-4-18(12-22)27-24(29)16-33-21-9-7-20(31-2)8-10-21/h3-14H,15-16H2,1-2H3,(H,27,29). The van der Waals surface area contributed by atoms with Crippen molar-refractivity contribution in [3.8, 4) is 17.2 Å². The zero-order valence-electron chi connectivity index (χ0n) is 18.3. The van der Waals surface area contributed by atoms with E-state index >= 15 is 0 Å². The Balaban J connectivity index is 1.34. The number of aryl methyl sites for hydroxylation is 1. The van der Waals surface area contributed by atoms with E-state index in [9.17, 15) is 9.59 Å². The van der Waals surface area contributed by atoms with Crippen LogP contribution in [0.3, 0.4) is 0 Å². The molecule has 1 N–H and O–H groups in total. The third-order valence-electron chi connectivity index (χ3n) is 4.79. The van der Waals surface area contributed by atoms with Crippen molar-refractivity contribution in [3.05, 3.63) is 94.5 Å². The highest BCUT2D eigenvalue weighted by Gasteiger charge is 2.07. The van der Waals surface area contributed by atoms with Crippen LogP contribution in [0.15, 0.2) is 77.7 Å². The molecule has 0 aliphatic rings. The third-order valence-corrected chi connectivity index (χ3v) is 4.79. The highest BCUT2D eigenvalue weighted by atomic mass is 16.5. The predicted molar refractivity (Wildman–Crippen MR) is 124 cm³/mol. The molecule has 0 saturated carbocycles. The summed E-state index contributed by atoms with van der Waals surface area (Å²) in [6.45, 7) is 1.90. The highest BCUT2D eigenvalue weighted by Crippen LogP contribution is 2.19. The lowest BCUT2D eigenvalue weighted by molar-refractivity contribution is -0.118. The summed E-state index contributed by atoms with van der Waals surface area (Å²) in [6, 6.07) is 19.1. The first-order valence-electron chi connectivity index (χ1n) is 10.3. The number of carbonyl (C=O) groups is 1. The Kier molecular flexibility index (Phi) is 6.54. The van der Waals surface area contributed by atoms with E-state index < -0.39 is 0 Å². The lowest BCUT2D eigenvalue weighted by atomic mass is 10.3. The van der Waals surface area contributed by atoms with Crippen molar-refractivity contribution in [2.45, 2.75) is 13.5 Å². The molecule has 0 aliphatic heterocycles. The SMILES string of the molecule is COc1ccc(OCC(=O)Nc2cccc(OCc3cc(=O)n4cc(C)ccc4n3)c2)cc1. The number of amides is 1. The second-order valence-corrected chi connectivity index (χ2v) is 7.35. The summed E-state index contributed by atoms with van der Waals surface area (Å²) in [7, 11) is 1.58. The molecule has 0 spiro atoms. The van der Waals surface area contributed by atoms with E-state index in [4.69, 9.17) is 14.2 Å². The molecule has 2 aromatic carbocycles. The van der Waals surface area contributed by atoms with Crippen LogP contribution >= 0.6 is 0 Å². The van der Waals surface area contributed by atoms with Gasteiger partial charge >= 0.3 is 0 Å². The largest absolute Gasteiger partial charge is 0.497 e. The summed E-state index contributed by atoms with van der Waals surface area (Å²) in [5.74, 6) is 1.51. The van der Waals surface area contributed by atoms with Crippen molar-refractivity contribution in [2.75, 3.05) is 19.0 Å². The van der Waals surface area contributed by atoms with E-state index in [1.807, 2.05) is 13.0 Å². The second-order valence-electron chi connectivity index (χ2n) is 7.35. The van der Waals surface area contributed by atoms with Gasteiger partial charge in [-0.1, -0.05) is 12.1 Å². The molecule has 8 heteroatoms. The molecule has 0 atom stereocenters. The molecule has 4 rings (SSSR count). The molecule has 0 aliphatic carbocycles. The summed E-state index contributed by atoms with van der Waals surface area (Å²) < 4.78 is 17.9. The van der Waals surface area contributed by atoms with Crippen LogP contribution in [0.1, 0.15) is 11.3 Å². The minimum Gasteiger partial charge on any atom is -0.497 e. The Bertz CT molecular complexity index is 1330. The molecule has 0 unspecified atom stereocenters. The first-order chi connectivity index (χ1) is 16.0. The van der Waals surface area contributed by atoms with Gasteiger partial charge in [-0.05, 0) is 55.0 Å². The van der Waals surface area contributed by atoms with Crippen molar-refractivity contribution >= 4 is 17.2 Å². The molecule has 0 saturated heterocycles. The first kappa shape index (κ1) is 21.9. The smallest absolute Gasteiger partial charge is 0.262 e. The van der Waals surface area contributed by atoms with Gasteiger partial charge < -0.3 is 19.5 Å². The molecule has 0 fully saturated rings. The average Bonchev–Trinajstić information content (AvgIpc) is 2.82. The fourth-order valence-electron chi connectivity index (χ4n) is 3.17. The van der Waals surface area contributed by atoms with E-state index in [1.165, 1.54) is 10.5 Å². The summed E-state index contributed by atoms with van der Waals surface area (Å²) in [6.07, 6.45) is 1.75. The minimum absolute atomic E-state index is 0.123. The number of nitrogens with zero attached hydrogens (tertiary/aromatic N) is 2. The number of carbonyl (C=O) groups excluding carboxylic acids is 1. The van der Waals surface area contributed by atoms with Crippen molar-refractivity contribution in [3.63, 3.8) is 0 Å². The zero-order valence-corrected chi connectivity index (χ0v) is 18.3. The second kappa shape index (κ2) is 9.86. The molecule has 8 nitrogen and oxygen atoms in total. The third kappa shape index (κ3) is 5.68. The molecule has 33 heavy (non-hydrogen) atoms. The van der Waals surface area contributed by atoms with Gasteiger partial charge in [0.2, 0.25) is 0 Å². The zero-order chi connectivity index (χ0) is 23.2. The van der Waals surface area contributed by atoms with Gasteiger partial charge in [0.05, 0.1) is 12.8 Å². The number of rotatable bonds is 8. The van der Waals surface area contributed by atoms with Gasteiger partial charge in [0.1, 0.15) is 29.5 Å². The quantitative estimate of drug-likeness (QED) is 0.446. The van der Waals surface area contributed by atoms with Crippen LogP contribution in [0.25, 0.3) is 5.65 Å². The number of fused-ring (bicyclic) bond motifs is 1. The Morgan fingerprint density at radius 1 is 0.970 bits per heavy atom. The van der Waals surface area contributed by atoms with Crippen LogP contribution in [-0.2, 0) is 11.4 Å². The van der Waals surface area contributed by atoms with Crippen LogP contribution in [0.2, 0.25) is 0 Å². The van der Waals surface area contributed by atoms with Crippen LogP contribution in [-0.4, -0.2) is 29.0 Å². The van der Waals surface area contributed by atoms with Crippen LogP contribution in [0.5, 0.6) is 17.2 Å². The van der Waals surface area contributed by atoms with Crippen molar-refractivity contribution < 1.29 is 19.0 Å². The average molecular weight is 445 g/mol. The summed E-state index contributed by atoms with van der Waals surface area (Å²) >= 11 is 0. The number of nitrogens with one attached hydrogen (secondary N) is 1. The number of aromatic nitrogens is 2. The van der Waals surface area contributed by atoms with Crippen LogP contribution < -0.4 is 25.1 Å². The molecular formula is C25H23N3O5. The monoisotopic (exact) mass is 445 g/mol. The molecule has 1 amide bonds. The van der Waals surface area contributed by atoms with E-state index in [0.29, 0.717) is 34.3 Å². The molecule has 0 bridgehead atoms. The van der Waals surface area contributed by atoms with Gasteiger partial charge in [0, 0.05) is 24.0 Å². The number of anilines is 1. The van der Waals surface area contributed by atoms with Gasteiger partial charge in [0.15, 0.2) is 6.61 Å². The van der Waals surface area contributed by atoms with Gasteiger partial charge in [-0.3, -0.25) is 14.0 Å². The Hall–Kier alpha value is -4.33. The summed E-state index contributed by atoms with van der Waals surface area (Å²) in [4.78, 5) is 29.0.